The van der Waals surface area contributed by atoms with Crippen LogP contribution in [0.1, 0.15) is 11.1 Å². The first-order chi connectivity index (χ1) is 19.1. The van der Waals surface area contributed by atoms with E-state index in [9.17, 15) is 0 Å². The Labute approximate surface area is 227 Å². The number of aromatic nitrogens is 4. The second-order valence-electron chi connectivity index (χ2n) is 9.97. The molecule has 2 aromatic heterocycles. The van der Waals surface area contributed by atoms with Crippen molar-refractivity contribution in [2.24, 2.45) is 0 Å². The topological polar surface area (TPSA) is 43.6 Å². The van der Waals surface area contributed by atoms with Crippen LogP contribution in [0.4, 0.5) is 0 Å². The van der Waals surface area contributed by atoms with Crippen molar-refractivity contribution in [2.75, 3.05) is 0 Å². The zero-order valence-corrected chi connectivity index (χ0v) is 21.8. The number of hydrogen-bond donors (Lipinski definition) is 0. The number of benzene rings is 5. The fraction of sp³-hybridized carbons (Fsp3) is 0.0571. The van der Waals surface area contributed by atoms with E-state index in [1.54, 1.807) is 0 Å². The summed E-state index contributed by atoms with van der Waals surface area (Å²) >= 11 is 0. The summed E-state index contributed by atoms with van der Waals surface area (Å²) in [5.74, 6) is 1.97. The molecule has 0 saturated carbocycles. The predicted octanol–water partition coefficient (Wildman–Crippen LogP) is 8.59. The van der Waals surface area contributed by atoms with Crippen molar-refractivity contribution >= 4 is 21.8 Å². The summed E-state index contributed by atoms with van der Waals surface area (Å²) in [7, 11) is 0. The van der Waals surface area contributed by atoms with Gasteiger partial charge in [-0.15, -0.1) is 0 Å². The first-order valence-corrected chi connectivity index (χ1v) is 13.1. The fourth-order valence-corrected chi connectivity index (χ4v) is 5.25. The number of rotatable bonds is 4. The first kappa shape index (κ1) is 23.1. The Kier molecular flexibility index (Phi) is 5.52. The molecule has 4 heteroatoms. The van der Waals surface area contributed by atoms with Crippen LogP contribution in [0.25, 0.3) is 61.7 Å². The molecule has 7 rings (SSSR count). The summed E-state index contributed by atoms with van der Waals surface area (Å²) in [5.41, 5.74) is 8.81. The number of fused-ring (bicyclic) bond motifs is 3. The van der Waals surface area contributed by atoms with E-state index in [0.29, 0.717) is 17.5 Å². The van der Waals surface area contributed by atoms with Crippen molar-refractivity contribution in [3.8, 4) is 39.9 Å². The van der Waals surface area contributed by atoms with E-state index in [1.807, 2.05) is 60.7 Å². The minimum absolute atomic E-state index is 0.650. The van der Waals surface area contributed by atoms with Crippen molar-refractivity contribution in [3.63, 3.8) is 0 Å². The molecule has 0 fully saturated rings. The molecule has 0 atom stereocenters. The smallest absolute Gasteiger partial charge is 0.164 e. The highest BCUT2D eigenvalue weighted by atomic mass is 15.0. The molecule has 7 aromatic rings. The molecule has 0 unspecified atom stereocenters. The van der Waals surface area contributed by atoms with Gasteiger partial charge in [-0.2, -0.15) is 0 Å². The van der Waals surface area contributed by atoms with Gasteiger partial charge < -0.3 is 4.57 Å². The maximum atomic E-state index is 4.94. The van der Waals surface area contributed by atoms with Crippen molar-refractivity contribution in [1.82, 2.24) is 19.5 Å². The van der Waals surface area contributed by atoms with Crippen LogP contribution in [-0.4, -0.2) is 19.5 Å². The molecule has 0 saturated heterocycles. The minimum Gasteiger partial charge on any atom is -0.309 e. The van der Waals surface area contributed by atoms with Gasteiger partial charge in [0.05, 0.1) is 11.0 Å². The van der Waals surface area contributed by atoms with Crippen LogP contribution >= 0.6 is 0 Å². The lowest BCUT2D eigenvalue weighted by molar-refractivity contribution is 1.07. The first-order valence-electron chi connectivity index (χ1n) is 13.1. The molecule has 0 bridgehead atoms. The summed E-state index contributed by atoms with van der Waals surface area (Å²) in [6, 6.07) is 42.0. The SMILES string of the molecule is Cc1ccc2c(c1)c1cc(C)ccc1n2-c1cccc(-c2nc(-c3ccccc3)nc(-c3ccccc3)n2)c1. The van der Waals surface area contributed by atoms with Gasteiger partial charge in [0.25, 0.3) is 0 Å². The molecule has 0 radical (unpaired) electrons. The normalized spacial score (nSPS) is 11.3. The molecule has 0 amide bonds. The van der Waals surface area contributed by atoms with E-state index in [1.165, 1.54) is 32.9 Å². The molecule has 2 heterocycles. The lowest BCUT2D eigenvalue weighted by atomic mass is 10.1. The largest absolute Gasteiger partial charge is 0.309 e. The van der Waals surface area contributed by atoms with Crippen LogP contribution in [-0.2, 0) is 0 Å². The molecule has 5 aromatic carbocycles. The van der Waals surface area contributed by atoms with Gasteiger partial charge in [0, 0.05) is 33.2 Å². The molecular weight excluding hydrogens is 476 g/mol. The Morgan fingerprint density at radius 2 is 0.897 bits per heavy atom. The standard InChI is InChI=1S/C35H26N4/c1-23-16-18-31-29(20-23)30-21-24(2)17-19-32(30)39(31)28-15-9-14-27(22-28)35-37-33(25-10-5-3-6-11-25)36-34(38-35)26-12-7-4-8-13-26/h3-22H,1-2H3. The summed E-state index contributed by atoms with van der Waals surface area (Å²) in [5, 5.41) is 2.52. The van der Waals surface area contributed by atoms with Crippen molar-refractivity contribution < 1.29 is 0 Å². The molecular formula is C35H26N4. The molecule has 186 valence electrons. The number of nitrogens with zero attached hydrogens (tertiary/aromatic N) is 4. The van der Waals surface area contributed by atoms with Gasteiger partial charge in [-0.25, -0.2) is 15.0 Å². The van der Waals surface area contributed by atoms with Crippen LogP contribution in [0, 0.1) is 13.8 Å². The van der Waals surface area contributed by atoms with Gasteiger partial charge in [-0.3, -0.25) is 0 Å². The van der Waals surface area contributed by atoms with Gasteiger partial charge in [0.2, 0.25) is 0 Å². The maximum Gasteiger partial charge on any atom is 0.164 e. The summed E-state index contributed by atoms with van der Waals surface area (Å²) in [4.78, 5) is 14.7. The van der Waals surface area contributed by atoms with Crippen molar-refractivity contribution in [2.45, 2.75) is 13.8 Å². The molecule has 0 N–H and O–H groups in total. The molecule has 0 aliphatic carbocycles. The molecule has 0 aliphatic heterocycles. The Morgan fingerprint density at radius 3 is 1.41 bits per heavy atom. The van der Waals surface area contributed by atoms with Gasteiger partial charge >= 0.3 is 0 Å². The van der Waals surface area contributed by atoms with Crippen LogP contribution in [0.15, 0.2) is 121 Å². The van der Waals surface area contributed by atoms with Crippen molar-refractivity contribution in [3.05, 3.63) is 132 Å². The van der Waals surface area contributed by atoms with Gasteiger partial charge in [-0.1, -0.05) is 96.1 Å². The summed E-state index contributed by atoms with van der Waals surface area (Å²) in [6.45, 7) is 4.29. The Bertz CT molecular complexity index is 1860. The highest BCUT2D eigenvalue weighted by Crippen LogP contribution is 2.34. The van der Waals surface area contributed by atoms with Gasteiger partial charge in [-0.05, 0) is 50.2 Å². The lowest BCUT2D eigenvalue weighted by Crippen LogP contribution is -2.01. The van der Waals surface area contributed by atoms with Crippen LogP contribution in [0.3, 0.4) is 0 Å². The average Bonchev–Trinajstić information content (AvgIpc) is 3.30. The van der Waals surface area contributed by atoms with Gasteiger partial charge in [0.1, 0.15) is 0 Å². The Hall–Kier alpha value is -5.09. The third kappa shape index (κ3) is 4.16. The van der Waals surface area contributed by atoms with E-state index >= 15 is 0 Å². The third-order valence-electron chi connectivity index (χ3n) is 7.14. The molecule has 4 nitrogen and oxygen atoms in total. The second-order valence-corrected chi connectivity index (χ2v) is 9.97. The highest BCUT2D eigenvalue weighted by Gasteiger charge is 2.16. The van der Waals surface area contributed by atoms with E-state index < -0.39 is 0 Å². The zero-order chi connectivity index (χ0) is 26.3. The molecule has 0 aliphatic rings. The second kappa shape index (κ2) is 9.34. The molecule has 39 heavy (non-hydrogen) atoms. The fourth-order valence-electron chi connectivity index (χ4n) is 5.25. The summed E-state index contributed by atoms with van der Waals surface area (Å²) in [6.07, 6.45) is 0. The monoisotopic (exact) mass is 502 g/mol. The lowest BCUT2D eigenvalue weighted by Gasteiger charge is -2.11. The zero-order valence-electron chi connectivity index (χ0n) is 21.8. The maximum absolute atomic E-state index is 4.94. The minimum atomic E-state index is 0.650. The van der Waals surface area contributed by atoms with Crippen LogP contribution in [0.2, 0.25) is 0 Å². The number of aryl methyl sites for hydroxylation is 2. The molecule has 0 spiro atoms. The Morgan fingerprint density at radius 1 is 0.436 bits per heavy atom. The summed E-state index contributed by atoms with van der Waals surface area (Å²) < 4.78 is 2.34. The third-order valence-corrected chi connectivity index (χ3v) is 7.14. The van der Waals surface area contributed by atoms with E-state index in [0.717, 1.165) is 22.4 Å². The highest BCUT2D eigenvalue weighted by molar-refractivity contribution is 6.09. The van der Waals surface area contributed by atoms with E-state index in [2.05, 4.69) is 79.1 Å². The quantitative estimate of drug-likeness (QED) is 0.242. The Balaban J connectivity index is 1.44. The van der Waals surface area contributed by atoms with Crippen LogP contribution in [0.5, 0.6) is 0 Å². The van der Waals surface area contributed by atoms with Crippen LogP contribution < -0.4 is 0 Å². The van der Waals surface area contributed by atoms with Crippen molar-refractivity contribution in [1.29, 1.82) is 0 Å². The van der Waals surface area contributed by atoms with Gasteiger partial charge in [0.15, 0.2) is 17.5 Å². The van der Waals surface area contributed by atoms with E-state index in [4.69, 9.17) is 15.0 Å². The average molecular weight is 503 g/mol. The van der Waals surface area contributed by atoms with E-state index in [-0.39, 0.29) is 0 Å². The predicted molar refractivity (Wildman–Crippen MR) is 160 cm³/mol. The number of hydrogen-bond acceptors (Lipinski definition) is 3.